The number of nitrogens with zero attached hydrogens (tertiary/aromatic N) is 1. The fraction of sp³-hybridized carbons (Fsp3) is 0.192. The number of hydrazone groups is 1. The number of amides is 2. The fourth-order valence-corrected chi connectivity index (χ4v) is 3.10. The van der Waals surface area contributed by atoms with Crippen LogP contribution < -0.4 is 20.2 Å². The molecule has 0 bridgehead atoms. The van der Waals surface area contributed by atoms with Crippen LogP contribution in [0.1, 0.15) is 34.0 Å². The van der Waals surface area contributed by atoms with Gasteiger partial charge in [-0.05, 0) is 68.3 Å². The van der Waals surface area contributed by atoms with Gasteiger partial charge < -0.3 is 14.8 Å². The number of hydrogen-bond acceptors (Lipinski definition) is 5. The van der Waals surface area contributed by atoms with E-state index in [1.807, 2.05) is 45.0 Å². The van der Waals surface area contributed by atoms with Crippen molar-refractivity contribution in [3.63, 3.8) is 0 Å². The molecule has 3 rings (SSSR count). The van der Waals surface area contributed by atoms with Gasteiger partial charge in [0.15, 0.2) is 18.1 Å². The summed E-state index contributed by atoms with van der Waals surface area (Å²) in [6.07, 6.45) is 1.51. The molecular formula is C26H27N3O4. The lowest BCUT2D eigenvalue weighted by Crippen LogP contribution is -2.21. The molecule has 0 aliphatic rings. The molecule has 0 saturated heterocycles. The second kappa shape index (κ2) is 11.5. The van der Waals surface area contributed by atoms with Gasteiger partial charge in [0.2, 0.25) is 0 Å². The lowest BCUT2D eigenvalue weighted by atomic mass is 10.1. The molecule has 0 fully saturated rings. The van der Waals surface area contributed by atoms with Crippen LogP contribution in [0.15, 0.2) is 71.8 Å². The number of benzene rings is 3. The summed E-state index contributed by atoms with van der Waals surface area (Å²) in [7, 11) is 0. The molecule has 0 saturated carbocycles. The Morgan fingerprint density at radius 1 is 0.939 bits per heavy atom. The summed E-state index contributed by atoms with van der Waals surface area (Å²) < 4.78 is 11.3. The summed E-state index contributed by atoms with van der Waals surface area (Å²) in [5.41, 5.74) is 6.59. The zero-order chi connectivity index (χ0) is 23.6. The minimum atomic E-state index is -0.299. The minimum Gasteiger partial charge on any atom is -0.490 e. The molecule has 170 valence electrons. The molecule has 2 amide bonds. The number of carbonyl (C=O) groups excluding carboxylic acids is 2. The fourth-order valence-electron chi connectivity index (χ4n) is 3.10. The average molecular weight is 446 g/mol. The predicted octanol–water partition coefficient (Wildman–Crippen LogP) is 4.48. The Kier molecular flexibility index (Phi) is 8.18. The quantitative estimate of drug-likeness (QED) is 0.375. The van der Waals surface area contributed by atoms with Crippen LogP contribution in [0.2, 0.25) is 0 Å². The Hall–Kier alpha value is -4.13. The van der Waals surface area contributed by atoms with Gasteiger partial charge in [-0.15, -0.1) is 0 Å². The number of anilines is 1. The first-order chi connectivity index (χ1) is 16.0. The van der Waals surface area contributed by atoms with Crippen molar-refractivity contribution in [1.29, 1.82) is 0 Å². The molecule has 0 aromatic heterocycles. The van der Waals surface area contributed by atoms with Crippen molar-refractivity contribution in [2.75, 3.05) is 18.5 Å². The average Bonchev–Trinajstić information content (AvgIpc) is 2.81. The maximum Gasteiger partial charge on any atom is 0.271 e. The third kappa shape index (κ3) is 6.93. The molecule has 0 aliphatic carbocycles. The van der Waals surface area contributed by atoms with Crippen molar-refractivity contribution >= 4 is 23.7 Å². The Balaban J connectivity index is 1.60. The van der Waals surface area contributed by atoms with E-state index in [0.717, 1.165) is 16.8 Å². The van der Waals surface area contributed by atoms with Gasteiger partial charge in [-0.3, -0.25) is 9.59 Å². The summed E-state index contributed by atoms with van der Waals surface area (Å²) in [6.45, 7) is 6.07. The van der Waals surface area contributed by atoms with Gasteiger partial charge in [0.05, 0.1) is 12.8 Å². The van der Waals surface area contributed by atoms with Gasteiger partial charge in [0.25, 0.3) is 11.8 Å². The molecule has 0 radical (unpaired) electrons. The Labute approximate surface area is 193 Å². The van der Waals surface area contributed by atoms with Crippen LogP contribution in [0, 0.1) is 13.8 Å². The van der Waals surface area contributed by atoms with E-state index in [0.29, 0.717) is 29.2 Å². The first kappa shape index (κ1) is 23.5. The summed E-state index contributed by atoms with van der Waals surface area (Å²) in [4.78, 5) is 24.4. The molecule has 0 spiro atoms. The minimum absolute atomic E-state index is 0.159. The molecule has 2 N–H and O–H groups in total. The number of aryl methyl sites for hydroxylation is 2. The highest BCUT2D eigenvalue weighted by atomic mass is 16.5. The number of hydrogen-bond donors (Lipinski definition) is 2. The molecular weight excluding hydrogens is 418 g/mol. The lowest BCUT2D eigenvalue weighted by Gasteiger charge is -2.13. The number of carbonyl (C=O) groups is 2. The highest BCUT2D eigenvalue weighted by molar-refractivity contribution is 5.95. The maximum absolute atomic E-state index is 12.3. The van der Waals surface area contributed by atoms with Crippen LogP contribution >= 0.6 is 0 Å². The molecule has 0 aliphatic heterocycles. The van der Waals surface area contributed by atoms with Crippen LogP contribution in [-0.2, 0) is 4.79 Å². The lowest BCUT2D eigenvalue weighted by molar-refractivity contribution is -0.118. The van der Waals surface area contributed by atoms with Gasteiger partial charge in [-0.25, -0.2) is 5.43 Å². The van der Waals surface area contributed by atoms with Crippen molar-refractivity contribution in [3.05, 3.63) is 89.0 Å². The van der Waals surface area contributed by atoms with Crippen LogP contribution in [0.3, 0.4) is 0 Å². The predicted molar refractivity (Wildman–Crippen MR) is 129 cm³/mol. The molecule has 33 heavy (non-hydrogen) atoms. The normalized spacial score (nSPS) is 10.6. The van der Waals surface area contributed by atoms with Crippen LogP contribution in [-0.4, -0.2) is 31.2 Å². The summed E-state index contributed by atoms with van der Waals surface area (Å²) in [5, 5.41) is 6.86. The van der Waals surface area contributed by atoms with E-state index in [1.54, 1.807) is 42.5 Å². The zero-order valence-corrected chi connectivity index (χ0v) is 18.9. The highest BCUT2D eigenvalue weighted by Gasteiger charge is 2.10. The van der Waals surface area contributed by atoms with E-state index in [4.69, 9.17) is 9.47 Å². The molecule has 3 aromatic carbocycles. The second-order valence-electron chi connectivity index (χ2n) is 7.36. The molecule has 0 heterocycles. The van der Waals surface area contributed by atoms with Crippen molar-refractivity contribution < 1.29 is 19.1 Å². The standard InChI is InChI=1S/C26H27N3O4/c1-4-32-24-15-20(16-27-29-26(31)21-8-6-5-7-9-21)11-13-23(24)33-17-25(30)28-22-12-10-18(2)14-19(22)3/h5-16H,4,17H2,1-3H3,(H,28,30)(H,29,31)/b27-16-. The van der Waals surface area contributed by atoms with Gasteiger partial charge in [-0.1, -0.05) is 35.9 Å². The third-order valence-corrected chi connectivity index (χ3v) is 4.70. The molecule has 7 heteroatoms. The summed E-state index contributed by atoms with van der Waals surface area (Å²) in [6, 6.07) is 19.9. The Morgan fingerprint density at radius 3 is 2.45 bits per heavy atom. The first-order valence-corrected chi connectivity index (χ1v) is 10.6. The first-order valence-electron chi connectivity index (χ1n) is 10.6. The zero-order valence-electron chi connectivity index (χ0n) is 18.9. The number of rotatable bonds is 9. The summed E-state index contributed by atoms with van der Waals surface area (Å²) in [5.74, 6) is 0.360. The third-order valence-electron chi connectivity index (χ3n) is 4.70. The largest absolute Gasteiger partial charge is 0.490 e. The summed E-state index contributed by atoms with van der Waals surface area (Å²) >= 11 is 0. The van der Waals surface area contributed by atoms with E-state index in [9.17, 15) is 9.59 Å². The van der Waals surface area contributed by atoms with Crippen molar-refractivity contribution in [2.45, 2.75) is 20.8 Å². The van der Waals surface area contributed by atoms with E-state index in [-0.39, 0.29) is 18.4 Å². The van der Waals surface area contributed by atoms with Crippen LogP contribution in [0.5, 0.6) is 11.5 Å². The highest BCUT2D eigenvalue weighted by Crippen LogP contribution is 2.28. The van der Waals surface area contributed by atoms with E-state index in [1.165, 1.54) is 6.21 Å². The Morgan fingerprint density at radius 2 is 1.73 bits per heavy atom. The Bertz CT molecular complexity index is 1140. The van der Waals surface area contributed by atoms with E-state index in [2.05, 4.69) is 15.8 Å². The molecule has 3 aromatic rings. The van der Waals surface area contributed by atoms with E-state index >= 15 is 0 Å². The van der Waals surface area contributed by atoms with Gasteiger partial charge in [0, 0.05) is 11.3 Å². The van der Waals surface area contributed by atoms with Crippen LogP contribution in [0.4, 0.5) is 5.69 Å². The number of ether oxygens (including phenoxy) is 2. The second-order valence-corrected chi connectivity index (χ2v) is 7.36. The SMILES string of the molecule is CCOc1cc(/C=N\NC(=O)c2ccccc2)ccc1OCC(=O)Nc1ccc(C)cc1C. The number of nitrogens with one attached hydrogen (secondary N) is 2. The van der Waals surface area contributed by atoms with E-state index < -0.39 is 0 Å². The maximum atomic E-state index is 12.3. The molecule has 7 nitrogen and oxygen atoms in total. The molecule has 0 unspecified atom stereocenters. The van der Waals surface area contributed by atoms with Crippen LogP contribution in [0.25, 0.3) is 0 Å². The van der Waals surface area contributed by atoms with Crippen molar-refractivity contribution in [1.82, 2.24) is 5.43 Å². The van der Waals surface area contributed by atoms with Gasteiger partial charge in [0.1, 0.15) is 0 Å². The van der Waals surface area contributed by atoms with Crippen molar-refractivity contribution in [3.8, 4) is 11.5 Å². The van der Waals surface area contributed by atoms with Crippen molar-refractivity contribution in [2.24, 2.45) is 5.10 Å². The van der Waals surface area contributed by atoms with Gasteiger partial charge >= 0.3 is 0 Å². The monoisotopic (exact) mass is 445 g/mol. The van der Waals surface area contributed by atoms with Gasteiger partial charge in [-0.2, -0.15) is 5.10 Å². The smallest absolute Gasteiger partial charge is 0.271 e. The topological polar surface area (TPSA) is 89.0 Å². The molecule has 0 atom stereocenters.